The number of nitrogens with zero attached hydrogens (tertiary/aromatic N) is 2. The van der Waals surface area contributed by atoms with Gasteiger partial charge in [0, 0.05) is 4.88 Å². The standard InChI is InChI=1S/C20H23N3O2S/c21-12-16-15-6-2-3-7-18(15)26-20(16)22-19(24)17-9-8-14(25-17)13-23-10-4-1-5-11-23/h8-9H,1-7,10-11,13H2,(H,22,24). The average Bonchev–Trinajstić information content (AvgIpc) is 3.26. The Morgan fingerprint density at radius 3 is 2.81 bits per heavy atom. The summed E-state index contributed by atoms with van der Waals surface area (Å²) in [5.41, 5.74) is 1.77. The monoisotopic (exact) mass is 369 g/mol. The number of amides is 1. The van der Waals surface area contributed by atoms with Gasteiger partial charge in [-0.1, -0.05) is 6.42 Å². The van der Waals surface area contributed by atoms with Crippen molar-refractivity contribution in [1.82, 2.24) is 4.90 Å². The van der Waals surface area contributed by atoms with Gasteiger partial charge in [0.2, 0.25) is 0 Å². The van der Waals surface area contributed by atoms with Crippen molar-refractivity contribution in [2.24, 2.45) is 0 Å². The number of nitriles is 1. The van der Waals surface area contributed by atoms with E-state index in [0.717, 1.165) is 56.6 Å². The molecular formula is C20H23N3O2S. The Hall–Kier alpha value is -2.10. The molecular weight excluding hydrogens is 346 g/mol. The Bertz CT molecular complexity index is 840. The number of hydrogen-bond acceptors (Lipinski definition) is 5. The van der Waals surface area contributed by atoms with Gasteiger partial charge in [-0.05, 0) is 69.3 Å². The maximum Gasteiger partial charge on any atom is 0.292 e. The van der Waals surface area contributed by atoms with Crippen molar-refractivity contribution in [3.63, 3.8) is 0 Å². The molecule has 0 spiro atoms. The van der Waals surface area contributed by atoms with Crippen molar-refractivity contribution >= 4 is 22.2 Å². The number of aryl methyl sites for hydroxylation is 1. The zero-order chi connectivity index (χ0) is 17.9. The number of hydrogen-bond donors (Lipinski definition) is 1. The molecule has 4 rings (SSSR count). The molecule has 0 radical (unpaired) electrons. The molecule has 0 bridgehead atoms. The largest absolute Gasteiger partial charge is 0.455 e. The summed E-state index contributed by atoms with van der Waals surface area (Å²) in [6.07, 6.45) is 7.97. The normalized spacial score (nSPS) is 17.5. The van der Waals surface area contributed by atoms with Crippen molar-refractivity contribution in [3.8, 4) is 6.07 Å². The summed E-state index contributed by atoms with van der Waals surface area (Å²) in [5.74, 6) is 0.861. The Labute approximate surface area is 157 Å². The van der Waals surface area contributed by atoms with Gasteiger partial charge in [-0.25, -0.2) is 0 Å². The van der Waals surface area contributed by atoms with E-state index >= 15 is 0 Å². The fourth-order valence-electron chi connectivity index (χ4n) is 3.86. The topological polar surface area (TPSA) is 69.3 Å². The van der Waals surface area contributed by atoms with Crippen LogP contribution in [-0.2, 0) is 19.4 Å². The molecule has 1 fully saturated rings. The molecule has 3 heterocycles. The third-order valence-corrected chi connectivity index (χ3v) is 6.43. The third-order valence-electron chi connectivity index (χ3n) is 5.22. The van der Waals surface area contributed by atoms with E-state index in [1.54, 1.807) is 17.4 Å². The minimum atomic E-state index is -0.273. The Balaban J connectivity index is 1.45. The molecule has 1 aliphatic carbocycles. The van der Waals surface area contributed by atoms with Crippen LogP contribution in [0.25, 0.3) is 0 Å². The molecule has 6 heteroatoms. The quantitative estimate of drug-likeness (QED) is 0.871. The summed E-state index contributed by atoms with van der Waals surface area (Å²) in [5, 5.41) is 13.1. The second kappa shape index (κ2) is 7.65. The third kappa shape index (κ3) is 3.55. The lowest BCUT2D eigenvalue weighted by molar-refractivity contribution is 0.0992. The molecule has 1 aliphatic heterocycles. The number of nitrogens with one attached hydrogen (secondary N) is 1. The minimum Gasteiger partial charge on any atom is -0.455 e. The first-order chi connectivity index (χ1) is 12.7. The van der Waals surface area contributed by atoms with Gasteiger partial charge in [0.05, 0.1) is 12.1 Å². The van der Waals surface area contributed by atoms with Crippen LogP contribution in [-0.4, -0.2) is 23.9 Å². The van der Waals surface area contributed by atoms with Gasteiger partial charge in [-0.2, -0.15) is 5.26 Å². The first-order valence-electron chi connectivity index (χ1n) is 9.41. The number of piperidine rings is 1. The molecule has 136 valence electrons. The van der Waals surface area contributed by atoms with E-state index in [2.05, 4.69) is 16.3 Å². The number of anilines is 1. The molecule has 0 aromatic carbocycles. The van der Waals surface area contributed by atoms with Crippen molar-refractivity contribution in [2.45, 2.75) is 51.5 Å². The Morgan fingerprint density at radius 2 is 2.00 bits per heavy atom. The summed E-state index contributed by atoms with van der Waals surface area (Å²) >= 11 is 1.54. The zero-order valence-corrected chi connectivity index (χ0v) is 15.7. The van der Waals surface area contributed by atoms with Crippen LogP contribution in [0.3, 0.4) is 0 Å². The first-order valence-corrected chi connectivity index (χ1v) is 10.2. The highest BCUT2D eigenvalue weighted by atomic mass is 32.1. The van der Waals surface area contributed by atoms with Crippen LogP contribution in [0.2, 0.25) is 0 Å². The SMILES string of the molecule is N#Cc1c(NC(=O)c2ccc(CN3CCCCC3)o2)sc2c1CCCC2. The number of carbonyl (C=O) groups is 1. The molecule has 0 atom stereocenters. The summed E-state index contributed by atoms with van der Waals surface area (Å²) in [6.45, 7) is 2.94. The van der Waals surface area contributed by atoms with Crippen LogP contribution in [0.4, 0.5) is 5.00 Å². The van der Waals surface area contributed by atoms with Gasteiger partial charge in [-0.3, -0.25) is 9.69 Å². The molecule has 2 aromatic rings. The maximum absolute atomic E-state index is 12.6. The van der Waals surface area contributed by atoms with Crippen LogP contribution in [0.15, 0.2) is 16.5 Å². The molecule has 0 unspecified atom stereocenters. The lowest BCUT2D eigenvalue weighted by Crippen LogP contribution is -2.28. The number of rotatable bonds is 4. The van der Waals surface area contributed by atoms with Crippen LogP contribution < -0.4 is 5.32 Å². The maximum atomic E-state index is 12.6. The Kier molecular flexibility index (Phi) is 5.09. The molecule has 2 aliphatic rings. The fraction of sp³-hybridized carbons (Fsp3) is 0.500. The zero-order valence-electron chi connectivity index (χ0n) is 14.8. The van der Waals surface area contributed by atoms with Crippen LogP contribution in [0.5, 0.6) is 0 Å². The van der Waals surface area contributed by atoms with E-state index in [1.807, 2.05) is 6.07 Å². The second-order valence-electron chi connectivity index (χ2n) is 7.08. The molecule has 1 amide bonds. The highest BCUT2D eigenvalue weighted by Crippen LogP contribution is 2.37. The van der Waals surface area contributed by atoms with Crippen molar-refractivity contribution in [1.29, 1.82) is 5.26 Å². The van der Waals surface area contributed by atoms with E-state index in [1.165, 1.54) is 24.1 Å². The van der Waals surface area contributed by atoms with Crippen LogP contribution >= 0.6 is 11.3 Å². The molecule has 2 aromatic heterocycles. The van der Waals surface area contributed by atoms with Gasteiger partial charge < -0.3 is 9.73 Å². The van der Waals surface area contributed by atoms with Gasteiger partial charge in [0.25, 0.3) is 5.91 Å². The molecule has 26 heavy (non-hydrogen) atoms. The summed E-state index contributed by atoms with van der Waals surface area (Å²) in [6, 6.07) is 5.89. The van der Waals surface area contributed by atoms with Crippen molar-refractivity contribution < 1.29 is 9.21 Å². The average molecular weight is 369 g/mol. The smallest absolute Gasteiger partial charge is 0.292 e. The van der Waals surface area contributed by atoms with E-state index in [0.29, 0.717) is 16.3 Å². The first kappa shape index (κ1) is 17.3. The summed E-state index contributed by atoms with van der Waals surface area (Å²) in [7, 11) is 0. The van der Waals surface area contributed by atoms with Crippen LogP contribution in [0.1, 0.15) is 64.4 Å². The van der Waals surface area contributed by atoms with Gasteiger partial charge in [0.15, 0.2) is 5.76 Å². The molecule has 1 N–H and O–H groups in total. The highest BCUT2D eigenvalue weighted by Gasteiger charge is 2.23. The molecule has 0 saturated carbocycles. The van der Waals surface area contributed by atoms with Gasteiger partial charge >= 0.3 is 0 Å². The van der Waals surface area contributed by atoms with E-state index in [4.69, 9.17) is 4.42 Å². The number of furan rings is 1. The predicted octanol–water partition coefficient (Wildman–Crippen LogP) is 4.33. The van der Waals surface area contributed by atoms with Crippen molar-refractivity contribution in [3.05, 3.63) is 39.7 Å². The predicted molar refractivity (Wildman–Crippen MR) is 101 cm³/mol. The lowest BCUT2D eigenvalue weighted by Gasteiger charge is -2.25. The fourth-order valence-corrected chi connectivity index (χ4v) is 5.09. The van der Waals surface area contributed by atoms with E-state index in [9.17, 15) is 10.1 Å². The van der Waals surface area contributed by atoms with Gasteiger partial charge in [-0.15, -0.1) is 11.3 Å². The highest BCUT2D eigenvalue weighted by molar-refractivity contribution is 7.16. The number of fused-ring (bicyclic) bond motifs is 1. The van der Waals surface area contributed by atoms with E-state index in [-0.39, 0.29) is 5.91 Å². The molecule has 1 saturated heterocycles. The van der Waals surface area contributed by atoms with E-state index < -0.39 is 0 Å². The molecule has 5 nitrogen and oxygen atoms in total. The summed E-state index contributed by atoms with van der Waals surface area (Å²) in [4.78, 5) is 16.2. The minimum absolute atomic E-state index is 0.273. The summed E-state index contributed by atoms with van der Waals surface area (Å²) < 4.78 is 5.76. The second-order valence-corrected chi connectivity index (χ2v) is 8.19. The van der Waals surface area contributed by atoms with Crippen molar-refractivity contribution in [2.75, 3.05) is 18.4 Å². The van der Waals surface area contributed by atoms with Crippen LogP contribution in [0, 0.1) is 11.3 Å². The Morgan fingerprint density at radius 1 is 1.19 bits per heavy atom. The number of carbonyl (C=O) groups excluding carboxylic acids is 1. The number of likely N-dealkylation sites (tertiary alicyclic amines) is 1. The lowest BCUT2D eigenvalue weighted by atomic mass is 9.96. The number of thiophene rings is 1. The van der Waals surface area contributed by atoms with Gasteiger partial charge in [0.1, 0.15) is 16.8 Å².